The molecular formula is C21H23BrN2O5. The molecule has 3 rings (SSSR count). The quantitative estimate of drug-likeness (QED) is 0.501. The summed E-state index contributed by atoms with van der Waals surface area (Å²) in [6.07, 6.45) is 0.607. The molecule has 29 heavy (non-hydrogen) atoms. The summed E-state index contributed by atoms with van der Waals surface area (Å²) in [5.74, 6) is -1.00. The Morgan fingerprint density at radius 1 is 1.21 bits per heavy atom. The lowest BCUT2D eigenvalue weighted by atomic mass is 10.2. The molecule has 7 nitrogen and oxygen atoms in total. The minimum Gasteiger partial charge on any atom is -0.456 e. The van der Waals surface area contributed by atoms with E-state index in [0.29, 0.717) is 24.9 Å². The zero-order valence-electron chi connectivity index (χ0n) is 16.6. The number of halogens is 1. The number of amides is 1. The fraction of sp³-hybridized carbons (Fsp3) is 0.429. The van der Waals surface area contributed by atoms with Gasteiger partial charge in [-0.1, -0.05) is 22.0 Å². The molecule has 0 saturated carbocycles. The zero-order valence-corrected chi connectivity index (χ0v) is 18.2. The topological polar surface area (TPSA) is 85.8 Å². The molecule has 1 aromatic heterocycles. The summed E-state index contributed by atoms with van der Waals surface area (Å²) in [5.41, 5.74) is 0.252. The van der Waals surface area contributed by atoms with E-state index in [1.54, 1.807) is 39.0 Å². The van der Waals surface area contributed by atoms with E-state index >= 15 is 0 Å². The SMILES string of the molecule is CC(C)(C)OC(=O)N1CCC[C@H]1C(=O)OCC(=O)c1ccc2cc(Br)ccc2n1. The number of rotatable bonds is 4. The predicted octanol–water partition coefficient (Wildman–Crippen LogP) is 4.12. The maximum absolute atomic E-state index is 12.5. The molecule has 0 aliphatic carbocycles. The second kappa shape index (κ2) is 8.49. The van der Waals surface area contributed by atoms with Gasteiger partial charge >= 0.3 is 12.1 Å². The van der Waals surface area contributed by atoms with Gasteiger partial charge in [-0.25, -0.2) is 14.6 Å². The molecule has 1 saturated heterocycles. The number of carbonyl (C=O) groups is 3. The van der Waals surface area contributed by atoms with Crippen LogP contribution in [-0.2, 0) is 14.3 Å². The van der Waals surface area contributed by atoms with Gasteiger partial charge in [-0.2, -0.15) is 0 Å². The average Bonchev–Trinajstić information content (AvgIpc) is 3.14. The lowest BCUT2D eigenvalue weighted by Crippen LogP contribution is -2.44. The smallest absolute Gasteiger partial charge is 0.411 e. The minimum absolute atomic E-state index is 0.225. The number of esters is 1. The van der Waals surface area contributed by atoms with E-state index in [1.165, 1.54) is 4.90 Å². The van der Waals surface area contributed by atoms with E-state index < -0.39 is 36.1 Å². The van der Waals surface area contributed by atoms with Gasteiger partial charge in [-0.05, 0) is 57.9 Å². The number of hydrogen-bond acceptors (Lipinski definition) is 6. The highest BCUT2D eigenvalue weighted by atomic mass is 79.9. The number of ether oxygens (including phenoxy) is 2. The third-order valence-corrected chi connectivity index (χ3v) is 4.93. The van der Waals surface area contributed by atoms with Crippen LogP contribution in [-0.4, -0.2) is 52.5 Å². The van der Waals surface area contributed by atoms with Crippen LogP contribution in [0.25, 0.3) is 10.9 Å². The molecule has 1 aliphatic rings. The molecule has 1 atom stereocenters. The first kappa shape index (κ1) is 21.2. The second-order valence-corrected chi connectivity index (χ2v) is 8.81. The Morgan fingerprint density at radius 3 is 2.69 bits per heavy atom. The molecule has 1 aromatic carbocycles. The Balaban J connectivity index is 1.61. The van der Waals surface area contributed by atoms with Crippen molar-refractivity contribution in [3.63, 3.8) is 0 Å². The van der Waals surface area contributed by atoms with Gasteiger partial charge < -0.3 is 9.47 Å². The number of benzene rings is 1. The van der Waals surface area contributed by atoms with E-state index in [0.717, 1.165) is 9.86 Å². The molecular weight excluding hydrogens is 440 g/mol. The first-order chi connectivity index (χ1) is 13.6. The fourth-order valence-electron chi connectivity index (χ4n) is 3.11. The number of aromatic nitrogens is 1. The maximum atomic E-state index is 12.5. The molecule has 0 radical (unpaired) electrons. The van der Waals surface area contributed by atoms with Gasteiger partial charge in [0.25, 0.3) is 0 Å². The van der Waals surface area contributed by atoms with Crippen molar-refractivity contribution in [2.24, 2.45) is 0 Å². The highest BCUT2D eigenvalue weighted by Gasteiger charge is 2.37. The van der Waals surface area contributed by atoms with E-state index in [-0.39, 0.29) is 5.69 Å². The van der Waals surface area contributed by atoms with Crippen molar-refractivity contribution >= 4 is 44.7 Å². The molecule has 2 aromatic rings. The average molecular weight is 463 g/mol. The van der Waals surface area contributed by atoms with Crippen molar-refractivity contribution in [3.05, 3.63) is 40.5 Å². The van der Waals surface area contributed by atoms with Crippen LogP contribution in [0.1, 0.15) is 44.1 Å². The van der Waals surface area contributed by atoms with Crippen LogP contribution in [0, 0.1) is 0 Å². The lowest BCUT2D eigenvalue weighted by Gasteiger charge is -2.27. The largest absolute Gasteiger partial charge is 0.456 e. The van der Waals surface area contributed by atoms with Crippen molar-refractivity contribution in [2.75, 3.05) is 13.2 Å². The number of Topliss-reactive ketones (excluding diaryl/α,β-unsaturated/α-hetero) is 1. The monoisotopic (exact) mass is 462 g/mol. The normalized spacial score (nSPS) is 16.7. The van der Waals surface area contributed by atoms with Crippen LogP contribution in [0.4, 0.5) is 4.79 Å². The van der Waals surface area contributed by atoms with Crippen LogP contribution in [0.3, 0.4) is 0 Å². The van der Waals surface area contributed by atoms with Crippen molar-refractivity contribution < 1.29 is 23.9 Å². The Kier molecular flexibility index (Phi) is 6.21. The van der Waals surface area contributed by atoms with Gasteiger partial charge in [-0.15, -0.1) is 0 Å². The van der Waals surface area contributed by atoms with Crippen molar-refractivity contribution in [1.82, 2.24) is 9.88 Å². The van der Waals surface area contributed by atoms with Gasteiger partial charge in [0.2, 0.25) is 5.78 Å². The van der Waals surface area contributed by atoms with Crippen LogP contribution in [0.5, 0.6) is 0 Å². The van der Waals surface area contributed by atoms with E-state index in [4.69, 9.17) is 9.47 Å². The number of nitrogens with zero attached hydrogens (tertiary/aromatic N) is 2. The van der Waals surface area contributed by atoms with Gasteiger partial charge in [0.1, 0.15) is 17.3 Å². The summed E-state index contributed by atoms with van der Waals surface area (Å²) in [6.45, 7) is 5.30. The summed E-state index contributed by atoms with van der Waals surface area (Å²) in [6, 6.07) is 8.22. The molecule has 0 unspecified atom stereocenters. The number of fused-ring (bicyclic) bond motifs is 1. The third kappa shape index (κ3) is 5.32. The van der Waals surface area contributed by atoms with Gasteiger partial charge in [-0.3, -0.25) is 9.69 Å². The summed E-state index contributed by atoms with van der Waals surface area (Å²) in [4.78, 5) is 42.9. The molecule has 1 fully saturated rings. The Bertz CT molecular complexity index is 954. The zero-order chi connectivity index (χ0) is 21.2. The fourth-order valence-corrected chi connectivity index (χ4v) is 3.49. The first-order valence-corrected chi connectivity index (χ1v) is 10.2. The number of ketones is 1. The maximum Gasteiger partial charge on any atom is 0.411 e. The molecule has 0 bridgehead atoms. The van der Waals surface area contributed by atoms with Crippen molar-refractivity contribution in [1.29, 1.82) is 0 Å². The Hall–Kier alpha value is -2.48. The lowest BCUT2D eigenvalue weighted by molar-refractivity contribution is -0.147. The van der Waals surface area contributed by atoms with Crippen molar-refractivity contribution in [2.45, 2.75) is 45.3 Å². The molecule has 0 N–H and O–H groups in total. The Labute approximate surface area is 177 Å². The van der Waals surface area contributed by atoms with Crippen LogP contribution < -0.4 is 0 Å². The van der Waals surface area contributed by atoms with E-state index in [1.807, 2.05) is 12.1 Å². The summed E-state index contributed by atoms with van der Waals surface area (Å²) in [5, 5.41) is 0.895. The molecule has 1 aliphatic heterocycles. The molecule has 8 heteroatoms. The van der Waals surface area contributed by atoms with Crippen LogP contribution >= 0.6 is 15.9 Å². The minimum atomic E-state index is -0.737. The third-order valence-electron chi connectivity index (χ3n) is 4.44. The van der Waals surface area contributed by atoms with Crippen LogP contribution in [0.2, 0.25) is 0 Å². The molecule has 154 valence electrons. The second-order valence-electron chi connectivity index (χ2n) is 7.90. The van der Waals surface area contributed by atoms with Gasteiger partial charge in [0, 0.05) is 16.4 Å². The van der Waals surface area contributed by atoms with E-state index in [9.17, 15) is 14.4 Å². The number of likely N-dealkylation sites (tertiary alicyclic amines) is 1. The summed E-state index contributed by atoms with van der Waals surface area (Å²) in [7, 11) is 0. The Morgan fingerprint density at radius 2 is 1.97 bits per heavy atom. The highest BCUT2D eigenvalue weighted by Crippen LogP contribution is 2.22. The molecule has 2 heterocycles. The summed E-state index contributed by atoms with van der Waals surface area (Å²) >= 11 is 3.39. The molecule has 1 amide bonds. The van der Waals surface area contributed by atoms with Gasteiger partial charge in [0.15, 0.2) is 6.61 Å². The predicted molar refractivity (Wildman–Crippen MR) is 111 cm³/mol. The van der Waals surface area contributed by atoms with Crippen LogP contribution in [0.15, 0.2) is 34.8 Å². The standard InChI is InChI=1S/C21H23BrN2O5/c1-21(2,3)29-20(27)24-10-4-5-17(24)19(26)28-12-18(25)16-8-6-13-11-14(22)7-9-15(13)23-16/h6-9,11,17H,4-5,10,12H2,1-3H3/t17-/m0/s1. The number of pyridine rings is 1. The number of carbonyl (C=O) groups excluding carboxylic acids is 3. The van der Waals surface area contributed by atoms with Crippen molar-refractivity contribution in [3.8, 4) is 0 Å². The summed E-state index contributed by atoms with van der Waals surface area (Å²) < 4.78 is 11.5. The van der Waals surface area contributed by atoms with Gasteiger partial charge in [0.05, 0.1) is 5.52 Å². The molecule has 0 spiro atoms. The first-order valence-electron chi connectivity index (χ1n) is 9.40. The number of hydrogen-bond donors (Lipinski definition) is 0. The van der Waals surface area contributed by atoms with E-state index in [2.05, 4.69) is 20.9 Å². The highest BCUT2D eigenvalue weighted by molar-refractivity contribution is 9.10.